The van der Waals surface area contributed by atoms with Crippen molar-refractivity contribution in [3.63, 3.8) is 0 Å². The lowest BCUT2D eigenvalue weighted by molar-refractivity contribution is 0.446. The van der Waals surface area contributed by atoms with Crippen molar-refractivity contribution in [1.82, 2.24) is 0 Å². The minimum Gasteiger partial charge on any atom is -0.507 e. The Hall–Kier alpha value is -4.70. The highest BCUT2D eigenvalue weighted by Gasteiger charge is 2.29. The van der Waals surface area contributed by atoms with E-state index in [1.807, 2.05) is 18.2 Å². The summed E-state index contributed by atoms with van der Waals surface area (Å²) in [5.41, 5.74) is 10.9. The Morgan fingerprint density at radius 3 is 1.05 bits per heavy atom. The molecule has 8 bridgehead atoms. The fourth-order valence-electron chi connectivity index (χ4n) is 8.10. The maximum absolute atomic E-state index is 12.4. The van der Waals surface area contributed by atoms with Gasteiger partial charge in [0.1, 0.15) is 23.0 Å². The van der Waals surface area contributed by atoms with Crippen molar-refractivity contribution in [2.24, 2.45) is 0 Å². The molecule has 0 saturated heterocycles. The van der Waals surface area contributed by atoms with E-state index in [2.05, 4.69) is 144 Å². The summed E-state index contributed by atoms with van der Waals surface area (Å²) in [7, 11) is 0. The van der Waals surface area contributed by atoms with E-state index in [1.54, 1.807) is 0 Å². The van der Waals surface area contributed by atoms with Crippen molar-refractivity contribution < 1.29 is 20.4 Å². The van der Waals surface area contributed by atoms with Crippen molar-refractivity contribution in [3.05, 3.63) is 151 Å². The molecule has 6 rings (SSSR count). The Labute approximate surface area is 336 Å². The topological polar surface area (TPSA) is 80.9 Å². The summed E-state index contributed by atoms with van der Waals surface area (Å²) >= 11 is 0. The Balaban J connectivity index is 1.70. The first kappa shape index (κ1) is 40.9. The zero-order chi connectivity index (χ0) is 41.1. The minimum absolute atomic E-state index is 0.169. The Kier molecular flexibility index (Phi) is 10.7. The van der Waals surface area contributed by atoms with E-state index in [4.69, 9.17) is 0 Å². The quantitative estimate of drug-likeness (QED) is 0.137. The van der Waals surface area contributed by atoms with E-state index in [0.29, 0.717) is 32.1 Å². The number of phenols is 4. The zero-order valence-corrected chi connectivity index (χ0v) is 35.9. The smallest absolute Gasteiger partial charge is 0.122 e. The fraction of sp³-hybridized carbons (Fsp3) is 0.423. The fourth-order valence-corrected chi connectivity index (χ4v) is 8.10. The summed E-state index contributed by atoms with van der Waals surface area (Å²) in [5, 5.41) is 48.9. The molecule has 5 aromatic carbocycles. The summed E-state index contributed by atoms with van der Waals surface area (Å²) in [4.78, 5) is 0. The number of aromatic hydroxyl groups is 4. The van der Waals surface area contributed by atoms with Gasteiger partial charge in [0.05, 0.1) is 0 Å². The second kappa shape index (κ2) is 14.7. The van der Waals surface area contributed by atoms with Crippen molar-refractivity contribution in [2.45, 2.75) is 143 Å². The molecular formula is C52H64O4. The third kappa shape index (κ3) is 8.50. The highest BCUT2D eigenvalue weighted by Crippen LogP contribution is 2.45. The van der Waals surface area contributed by atoms with E-state index in [9.17, 15) is 20.4 Å². The molecule has 0 fully saturated rings. The van der Waals surface area contributed by atoms with Gasteiger partial charge in [-0.15, -0.1) is 0 Å². The zero-order valence-electron chi connectivity index (χ0n) is 35.9. The first-order valence-electron chi connectivity index (χ1n) is 20.4. The first-order chi connectivity index (χ1) is 25.9. The summed E-state index contributed by atoms with van der Waals surface area (Å²) in [6.45, 7) is 26.2. The summed E-state index contributed by atoms with van der Waals surface area (Å²) < 4.78 is 0. The summed E-state index contributed by atoms with van der Waals surface area (Å²) in [6, 6.07) is 27.2. The molecule has 0 saturated carbocycles. The Morgan fingerprint density at radius 1 is 0.393 bits per heavy atom. The third-order valence-corrected chi connectivity index (χ3v) is 11.9. The number of hydrogen-bond donors (Lipinski definition) is 4. The molecule has 1 unspecified atom stereocenters. The second-order valence-corrected chi connectivity index (χ2v) is 20.5. The van der Waals surface area contributed by atoms with Crippen molar-refractivity contribution in [3.8, 4) is 23.0 Å². The van der Waals surface area contributed by atoms with E-state index >= 15 is 0 Å². The SMILES string of the molecule is CC(C)(C)c1cc2c(O)c(c1)Cc1cc(C(C)(C)C)cc(c1O)Cc1cc(C(C)(C)C)cc(c1O)Cc1cc(C(C)(C)C)cc(c1O)C(c1ccccc1)CC2. The van der Waals surface area contributed by atoms with E-state index in [-0.39, 0.29) is 50.6 Å². The maximum Gasteiger partial charge on any atom is 0.122 e. The summed E-state index contributed by atoms with van der Waals surface area (Å²) in [5.74, 6) is 0.693. The first-order valence-corrected chi connectivity index (χ1v) is 20.4. The van der Waals surface area contributed by atoms with E-state index in [1.165, 1.54) is 0 Å². The minimum atomic E-state index is -0.221. The van der Waals surface area contributed by atoms with Crippen LogP contribution >= 0.6 is 0 Å². The van der Waals surface area contributed by atoms with Crippen LogP contribution in [-0.2, 0) is 47.3 Å². The van der Waals surface area contributed by atoms with Gasteiger partial charge in [0.25, 0.3) is 0 Å². The molecule has 0 amide bonds. The predicted octanol–water partition coefficient (Wildman–Crippen LogP) is 12.5. The van der Waals surface area contributed by atoms with Crippen molar-refractivity contribution in [2.75, 3.05) is 0 Å². The van der Waals surface area contributed by atoms with E-state index < -0.39 is 0 Å². The van der Waals surface area contributed by atoms with Gasteiger partial charge in [0, 0.05) is 30.7 Å². The van der Waals surface area contributed by atoms with Gasteiger partial charge >= 0.3 is 0 Å². The molecule has 56 heavy (non-hydrogen) atoms. The highest BCUT2D eigenvalue weighted by molar-refractivity contribution is 5.58. The van der Waals surface area contributed by atoms with Gasteiger partial charge in [-0.1, -0.05) is 162 Å². The molecule has 0 radical (unpaired) electrons. The average Bonchev–Trinajstić information content (AvgIpc) is 3.09. The molecule has 4 nitrogen and oxygen atoms in total. The largest absolute Gasteiger partial charge is 0.507 e. The molecule has 1 aliphatic carbocycles. The molecule has 4 heteroatoms. The molecule has 5 aromatic rings. The lowest BCUT2D eigenvalue weighted by Crippen LogP contribution is -2.16. The van der Waals surface area contributed by atoms with Gasteiger partial charge in [-0.05, 0) is 101 Å². The van der Waals surface area contributed by atoms with Crippen LogP contribution in [0.3, 0.4) is 0 Å². The van der Waals surface area contributed by atoms with Gasteiger partial charge in [-0.25, -0.2) is 0 Å². The summed E-state index contributed by atoms with van der Waals surface area (Å²) in [6.07, 6.45) is 2.23. The number of phenolic OH excluding ortho intramolecular Hbond substituents is 4. The van der Waals surface area contributed by atoms with Crippen LogP contribution in [0.2, 0.25) is 0 Å². The molecule has 0 aromatic heterocycles. The Bertz CT molecular complexity index is 2250. The number of hydrogen-bond acceptors (Lipinski definition) is 4. The van der Waals surface area contributed by atoms with Crippen LogP contribution in [0.5, 0.6) is 23.0 Å². The van der Waals surface area contributed by atoms with Crippen LogP contribution in [-0.4, -0.2) is 20.4 Å². The van der Waals surface area contributed by atoms with Crippen LogP contribution in [0.15, 0.2) is 78.9 Å². The van der Waals surface area contributed by atoms with Gasteiger partial charge in [0.15, 0.2) is 0 Å². The van der Waals surface area contributed by atoms with Crippen LogP contribution in [0.25, 0.3) is 0 Å². The molecule has 0 aliphatic heterocycles. The third-order valence-electron chi connectivity index (χ3n) is 11.9. The number of aryl methyl sites for hydroxylation is 1. The number of rotatable bonds is 1. The number of fused-ring (bicyclic) bond motifs is 8. The van der Waals surface area contributed by atoms with Gasteiger partial charge < -0.3 is 20.4 Å². The average molecular weight is 753 g/mol. The molecule has 296 valence electrons. The highest BCUT2D eigenvalue weighted by atomic mass is 16.3. The molecule has 4 N–H and O–H groups in total. The van der Waals surface area contributed by atoms with E-state index in [0.717, 1.165) is 72.3 Å². The van der Waals surface area contributed by atoms with Crippen LogP contribution in [0.4, 0.5) is 0 Å². The lowest BCUT2D eigenvalue weighted by atomic mass is 9.77. The van der Waals surface area contributed by atoms with Crippen LogP contribution in [0, 0.1) is 0 Å². The van der Waals surface area contributed by atoms with Crippen molar-refractivity contribution in [1.29, 1.82) is 0 Å². The standard InChI is InChI=1S/C52H64O4/c1-49(2,3)39-23-32-18-19-43(31-16-14-13-15-17-31)44-30-42(52(10,11)12)29-38(48(44)56)22-37-28-41(51(7,8)9)27-36(47(37)55)21-35-26-40(50(4,5)6)25-34(46(35)54)20-33(24-39)45(32)53/h13-17,23-30,43,53-56H,18-22H2,1-12H3. The Morgan fingerprint density at radius 2 is 0.696 bits per heavy atom. The molecule has 0 heterocycles. The normalized spacial score (nSPS) is 15.6. The second-order valence-electron chi connectivity index (χ2n) is 20.5. The molecular weight excluding hydrogens is 689 g/mol. The predicted molar refractivity (Wildman–Crippen MR) is 232 cm³/mol. The number of benzene rings is 5. The molecule has 1 aliphatic rings. The van der Waals surface area contributed by atoms with Crippen LogP contribution in [0.1, 0.15) is 168 Å². The van der Waals surface area contributed by atoms with Gasteiger partial charge in [-0.3, -0.25) is 0 Å². The lowest BCUT2D eigenvalue weighted by Gasteiger charge is -2.28. The monoisotopic (exact) mass is 752 g/mol. The van der Waals surface area contributed by atoms with Gasteiger partial charge in [-0.2, -0.15) is 0 Å². The maximum atomic E-state index is 12.4. The van der Waals surface area contributed by atoms with Gasteiger partial charge in [0.2, 0.25) is 0 Å². The van der Waals surface area contributed by atoms with Crippen molar-refractivity contribution >= 4 is 0 Å². The van der Waals surface area contributed by atoms with Crippen LogP contribution < -0.4 is 0 Å². The molecule has 1 atom stereocenters. The molecule has 0 spiro atoms.